The largest absolute Gasteiger partial charge is 0.330 e. The Labute approximate surface area is 105 Å². The molecule has 0 aliphatic rings. The fourth-order valence-electron chi connectivity index (χ4n) is 2.06. The molecule has 0 amide bonds. The number of rotatable bonds is 6. The van der Waals surface area contributed by atoms with E-state index in [-0.39, 0.29) is 5.41 Å². The van der Waals surface area contributed by atoms with Crippen molar-refractivity contribution in [1.29, 1.82) is 0 Å². The van der Waals surface area contributed by atoms with Gasteiger partial charge in [-0.15, -0.1) is 0 Å². The molecule has 0 atom stereocenters. The van der Waals surface area contributed by atoms with Gasteiger partial charge in [-0.1, -0.05) is 13.8 Å². The Morgan fingerprint density at radius 2 is 2.12 bits per heavy atom. The molecule has 17 heavy (non-hydrogen) atoms. The quantitative estimate of drug-likeness (QED) is 0.823. The summed E-state index contributed by atoms with van der Waals surface area (Å²) in [5.74, 6) is 0. The van der Waals surface area contributed by atoms with Crippen LogP contribution in [0.4, 0.5) is 0 Å². The molecule has 4 heteroatoms. The molecule has 1 rings (SSSR count). The van der Waals surface area contributed by atoms with Crippen molar-refractivity contribution in [3.8, 4) is 0 Å². The van der Waals surface area contributed by atoms with Crippen LogP contribution in [-0.2, 0) is 6.54 Å². The van der Waals surface area contributed by atoms with E-state index >= 15 is 0 Å². The van der Waals surface area contributed by atoms with Gasteiger partial charge in [0.15, 0.2) is 0 Å². The molecule has 98 valence electrons. The van der Waals surface area contributed by atoms with Gasteiger partial charge in [0.05, 0.1) is 5.69 Å². The van der Waals surface area contributed by atoms with Gasteiger partial charge in [0, 0.05) is 25.3 Å². The van der Waals surface area contributed by atoms with Gasteiger partial charge >= 0.3 is 0 Å². The van der Waals surface area contributed by atoms with Crippen LogP contribution in [0.1, 0.15) is 39.4 Å². The first-order chi connectivity index (χ1) is 7.85. The average Bonchev–Trinajstić information content (AvgIpc) is 2.65. The van der Waals surface area contributed by atoms with Crippen LogP contribution < -0.4 is 5.73 Å². The van der Waals surface area contributed by atoms with Crippen molar-refractivity contribution in [1.82, 2.24) is 14.7 Å². The predicted octanol–water partition coefficient (Wildman–Crippen LogP) is 1.88. The van der Waals surface area contributed by atoms with Gasteiger partial charge < -0.3 is 5.73 Å². The number of nitrogens with two attached hydrogens (primary N) is 1. The van der Waals surface area contributed by atoms with E-state index in [1.54, 1.807) is 0 Å². The topological polar surface area (TPSA) is 47.1 Å². The van der Waals surface area contributed by atoms with E-state index in [9.17, 15) is 0 Å². The van der Waals surface area contributed by atoms with Crippen LogP contribution in [0.2, 0.25) is 0 Å². The van der Waals surface area contributed by atoms with Gasteiger partial charge in [-0.05, 0) is 38.9 Å². The molecule has 0 radical (unpaired) electrons. The molecule has 0 saturated carbocycles. The van der Waals surface area contributed by atoms with Gasteiger partial charge in [0.2, 0.25) is 0 Å². The molecule has 4 nitrogen and oxygen atoms in total. The highest BCUT2D eigenvalue weighted by molar-refractivity contribution is 5.01. The summed E-state index contributed by atoms with van der Waals surface area (Å²) >= 11 is 0. The molecule has 1 aromatic rings. The zero-order valence-electron chi connectivity index (χ0n) is 11.8. The molecule has 0 bridgehead atoms. The van der Waals surface area contributed by atoms with E-state index in [4.69, 9.17) is 5.73 Å². The maximum Gasteiger partial charge on any atom is 0.0527 e. The minimum Gasteiger partial charge on any atom is -0.330 e. The van der Waals surface area contributed by atoms with Crippen molar-refractivity contribution in [3.63, 3.8) is 0 Å². The van der Waals surface area contributed by atoms with Gasteiger partial charge in [-0.2, -0.15) is 5.10 Å². The SMILES string of the molecule is CC(C)n1nccc1CN(C)CC(C)(C)CN. The van der Waals surface area contributed by atoms with Crippen LogP contribution in [-0.4, -0.2) is 34.8 Å². The first-order valence-electron chi connectivity index (χ1n) is 6.27. The third kappa shape index (κ3) is 4.13. The molecular weight excluding hydrogens is 212 g/mol. The Balaban J connectivity index is 2.62. The fraction of sp³-hybridized carbons (Fsp3) is 0.769. The first-order valence-corrected chi connectivity index (χ1v) is 6.27. The lowest BCUT2D eigenvalue weighted by atomic mass is 9.93. The molecule has 0 aromatic carbocycles. The smallest absolute Gasteiger partial charge is 0.0527 e. The summed E-state index contributed by atoms with van der Waals surface area (Å²) in [6, 6.07) is 2.50. The van der Waals surface area contributed by atoms with Crippen LogP contribution in [0.3, 0.4) is 0 Å². The molecular formula is C13H26N4. The highest BCUT2D eigenvalue weighted by atomic mass is 15.3. The zero-order chi connectivity index (χ0) is 13.1. The molecule has 0 fully saturated rings. The van der Waals surface area contributed by atoms with E-state index in [0.29, 0.717) is 12.6 Å². The van der Waals surface area contributed by atoms with E-state index < -0.39 is 0 Å². The molecule has 0 saturated heterocycles. The van der Waals surface area contributed by atoms with Gasteiger partial charge in [0.25, 0.3) is 0 Å². The first kappa shape index (κ1) is 14.2. The maximum atomic E-state index is 5.76. The van der Waals surface area contributed by atoms with Gasteiger partial charge in [-0.3, -0.25) is 9.58 Å². The normalized spacial score (nSPS) is 12.7. The molecule has 0 aliphatic heterocycles. The maximum absolute atomic E-state index is 5.76. The van der Waals surface area contributed by atoms with Crippen LogP contribution in [0, 0.1) is 5.41 Å². The summed E-state index contributed by atoms with van der Waals surface area (Å²) in [7, 11) is 2.13. The summed E-state index contributed by atoms with van der Waals surface area (Å²) in [5.41, 5.74) is 7.19. The summed E-state index contributed by atoms with van der Waals surface area (Å²) < 4.78 is 2.08. The highest BCUT2D eigenvalue weighted by Crippen LogP contribution is 2.16. The second-order valence-corrected chi connectivity index (χ2v) is 5.90. The second-order valence-electron chi connectivity index (χ2n) is 5.90. The monoisotopic (exact) mass is 238 g/mol. The lowest BCUT2D eigenvalue weighted by molar-refractivity contribution is 0.204. The van der Waals surface area contributed by atoms with E-state index in [1.165, 1.54) is 5.69 Å². The highest BCUT2D eigenvalue weighted by Gasteiger charge is 2.19. The van der Waals surface area contributed by atoms with E-state index in [2.05, 4.69) is 55.5 Å². The zero-order valence-corrected chi connectivity index (χ0v) is 11.8. The Morgan fingerprint density at radius 1 is 1.47 bits per heavy atom. The Morgan fingerprint density at radius 3 is 2.65 bits per heavy atom. The molecule has 0 unspecified atom stereocenters. The van der Waals surface area contributed by atoms with Crippen molar-refractivity contribution in [2.24, 2.45) is 11.1 Å². The second kappa shape index (κ2) is 5.65. The van der Waals surface area contributed by atoms with Crippen molar-refractivity contribution < 1.29 is 0 Å². The lowest BCUT2D eigenvalue weighted by Crippen LogP contribution is -2.36. The minimum absolute atomic E-state index is 0.164. The molecule has 1 heterocycles. The van der Waals surface area contributed by atoms with Crippen LogP contribution in [0.25, 0.3) is 0 Å². The van der Waals surface area contributed by atoms with Crippen molar-refractivity contribution in [2.45, 2.75) is 40.3 Å². The summed E-state index contributed by atoms with van der Waals surface area (Å²) in [4.78, 5) is 2.31. The van der Waals surface area contributed by atoms with Crippen molar-refractivity contribution in [2.75, 3.05) is 20.1 Å². The summed E-state index contributed by atoms with van der Waals surface area (Å²) in [6.07, 6.45) is 1.87. The number of hydrogen-bond acceptors (Lipinski definition) is 3. The molecule has 0 spiro atoms. The van der Waals surface area contributed by atoms with Gasteiger partial charge in [-0.25, -0.2) is 0 Å². The van der Waals surface area contributed by atoms with E-state index in [0.717, 1.165) is 13.1 Å². The predicted molar refractivity (Wildman–Crippen MR) is 71.8 cm³/mol. The van der Waals surface area contributed by atoms with Crippen LogP contribution >= 0.6 is 0 Å². The molecule has 1 aromatic heterocycles. The van der Waals surface area contributed by atoms with Crippen LogP contribution in [0.15, 0.2) is 12.3 Å². The minimum atomic E-state index is 0.164. The third-order valence-corrected chi connectivity index (χ3v) is 2.92. The van der Waals surface area contributed by atoms with Crippen LogP contribution in [0.5, 0.6) is 0 Å². The molecule has 0 aliphatic carbocycles. The number of nitrogens with zero attached hydrogens (tertiary/aromatic N) is 3. The number of hydrogen-bond donors (Lipinski definition) is 1. The fourth-order valence-corrected chi connectivity index (χ4v) is 2.06. The van der Waals surface area contributed by atoms with Gasteiger partial charge in [0.1, 0.15) is 0 Å². The van der Waals surface area contributed by atoms with Crippen molar-refractivity contribution >= 4 is 0 Å². The Bertz CT molecular complexity index is 341. The third-order valence-electron chi connectivity index (χ3n) is 2.92. The Hall–Kier alpha value is -0.870. The van der Waals surface area contributed by atoms with E-state index in [1.807, 2.05) is 6.20 Å². The van der Waals surface area contributed by atoms with Crippen molar-refractivity contribution in [3.05, 3.63) is 18.0 Å². The average molecular weight is 238 g/mol. The lowest BCUT2D eigenvalue weighted by Gasteiger charge is -2.29. The summed E-state index contributed by atoms with van der Waals surface area (Å²) in [5, 5.41) is 4.35. The molecule has 2 N–H and O–H groups in total. The Kier molecular flexibility index (Phi) is 4.71. The standard InChI is InChI=1S/C13H26N4/c1-11(2)17-12(6-7-15-17)8-16(5)10-13(3,4)9-14/h6-7,11H,8-10,14H2,1-5H3. The number of aromatic nitrogens is 2. The summed E-state index contributed by atoms with van der Waals surface area (Å²) in [6.45, 7) is 11.3.